The van der Waals surface area contributed by atoms with Gasteiger partial charge in [0.05, 0.1) is 35.3 Å². The van der Waals surface area contributed by atoms with Crippen molar-refractivity contribution in [2.75, 3.05) is 13.1 Å². The van der Waals surface area contributed by atoms with E-state index in [9.17, 15) is 0 Å². The molecule has 0 radical (unpaired) electrons. The average molecular weight is 424 g/mol. The zero-order chi connectivity index (χ0) is 21.5. The zero-order valence-electron chi connectivity index (χ0n) is 18.0. The molecular weight excluding hydrogens is 398 g/mol. The first kappa shape index (κ1) is 19.1. The Morgan fingerprint density at radius 2 is 1.94 bits per heavy atom. The highest BCUT2D eigenvalue weighted by Crippen LogP contribution is 2.28. The van der Waals surface area contributed by atoms with Crippen molar-refractivity contribution in [2.24, 2.45) is 0 Å². The Morgan fingerprint density at radius 1 is 1.03 bits per heavy atom. The van der Waals surface area contributed by atoms with Crippen molar-refractivity contribution >= 4 is 16.6 Å². The molecule has 0 aliphatic carbocycles. The molecule has 1 saturated heterocycles. The maximum Gasteiger partial charge on any atom is 0.153 e. The summed E-state index contributed by atoms with van der Waals surface area (Å²) in [7, 11) is 0. The molecule has 5 aromatic rings. The highest BCUT2D eigenvalue weighted by molar-refractivity contribution is 5.79. The van der Waals surface area contributed by atoms with E-state index in [4.69, 9.17) is 5.10 Å². The number of nitrogens with zero attached hydrogens (tertiary/aromatic N) is 6. The van der Waals surface area contributed by atoms with E-state index in [0.717, 1.165) is 59.4 Å². The lowest BCUT2D eigenvalue weighted by Crippen LogP contribution is -2.29. The van der Waals surface area contributed by atoms with Crippen LogP contribution in [0.2, 0.25) is 0 Å². The van der Waals surface area contributed by atoms with Gasteiger partial charge in [-0.3, -0.25) is 9.67 Å². The fourth-order valence-corrected chi connectivity index (χ4v) is 4.62. The Kier molecular flexibility index (Phi) is 4.69. The van der Waals surface area contributed by atoms with Gasteiger partial charge in [0.15, 0.2) is 5.65 Å². The maximum absolute atomic E-state index is 4.95. The third-order valence-corrected chi connectivity index (χ3v) is 6.54. The summed E-state index contributed by atoms with van der Waals surface area (Å²) < 4.78 is 4.07. The van der Waals surface area contributed by atoms with E-state index in [1.807, 2.05) is 41.3 Å². The number of hydrogen-bond acceptors (Lipinski definition) is 5. The van der Waals surface area contributed by atoms with E-state index in [1.165, 1.54) is 5.56 Å². The van der Waals surface area contributed by atoms with Gasteiger partial charge in [-0.25, -0.2) is 9.50 Å². The van der Waals surface area contributed by atoms with Crippen LogP contribution in [-0.4, -0.2) is 42.5 Å². The molecule has 1 fully saturated rings. The molecule has 1 atom stereocenters. The molecule has 0 amide bonds. The summed E-state index contributed by atoms with van der Waals surface area (Å²) in [5.41, 5.74) is 6.09. The number of piperidine rings is 1. The van der Waals surface area contributed by atoms with Gasteiger partial charge < -0.3 is 5.32 Å². The van der Waals surface area contributed by atoms with Crippen LogP contribution in [0.3, 0.4) is 0 Å². The van der Waals surface area contributed by atoms with Gasteiger partial charge in [-0.2, -0.15) is 10.2 Å². The van der Waals surface area contributed by atoms with Crippen molar-refractivity contribution in [3.63, 3.8) is 0 Å². The SMILES string of the molecule is CC(c1ccc2ncccc2c1)c1cnc2ccc(-c3cnn(C4CCNCC4)c3)nn12. The lowest BCUT2D eigenvalue weighted by Gasteiger charge is -2.22. The summed E-state index contributed by atoms with van der Waals surface area (Å²) in [6, 6.07) is 15.0. The first-order valence-corrected chi connectivity index (χ1v) is 11.2. The quantitative estimate of drug-likeness (QED) is 0.469. The smallest absolute Gasteiger partial charge is 0.153 e. The van der Waals surface area contributed by atoms with Crippen LogP contribution in [0.5, 0.6) is 0 Å². The van der Waals surface area contributed by atoms with E-state index in [-0.39, 0.29) is 5.92 Å². The zero-order valence-corrected chi connectivity index (χ0v) is 18.0. The third-order valence-electron chi connectivity index (χ3n) is 6.54. The van der Waals surface area contributed by atoms with Gasteiger partial charge in [-0.1, -0.05) is 19.1 Å². The van der Waals surface area contributed by atoms with Crippen LogP contribution in [0.1, 0.15) is 43.0 Å². The molecule has 6 rings (SSSR count). The van der Waals surface area contributed by atoms with Crippen molar-refractivity contribution < 1.29 is 0 Å². The summed E-state index contributed by atoms with van der Waals surface area (Å²) in [6.45, 7) is 4.29. The molecule has 1 unspecified atom stereocenters. The van der Waals surface area contributed by atoms with Crippen LogP contribution in [0, 0.1) is 0 Å². The first-order valence-electron chi connectivity index (χ1n) is 11.2. The topological polar surface area (TPSA) is 72.9 Å². The Hall–Kier alpha value is -3.58. The molecule has 160 valence electrons. The van der Waals surface area contributed by atoms with E-state index in [0.29, 0.717) is 6.04 Å². The number of aromatic nitrogens is 6. The van der Waals surface area contributed by atoms with Crippen LogP contribution in [-0.2, 0) is 0 Å². The minimum Gasteiger partial charge on any atom is -0.317 e. The molecule has 1 aromatic carbocycles. The summed E-state index contributed by atoms with van der Waals surface area (Å²) in [5, 5.41) is 14.1. The molecule has 0 saturated carbocycles. The van der Waals surface area contributed by atoms with Crippen LogP contribution >= 0.6 is 0 Å². The molecular formula is C25H25N7. The van der Waals surface area contributed by atoms with E-state index >= 15 is 0 Å². The number of hydrogen-bond donors (Lipinski definition) is 1. The van der Waals surface area contributed by atoms with Gasteiger partial charge in [-0.05, 0) is 61.8 Å². The second-order valence-electron chi connectivity index (χ2n) is 8.54. The van der Waals surface area contributed by atoms with Crippen molar-refractivity contribution in [1.29, 1.82) is 0 Å². The first-order chi connectivity index (χ1) is 15.8. The van der Waals surface area contributed by atoms with Crippen molar-refractivity contribution in [1.82, 2.24) is 34.7 Å². The third kappa shape index (κ3) is 3.35. The highest BCUT2D eigenvalue weighted by Gasteiger charge is 2.18. The van der Waals surface area contributed by atoms with Gasteiger partial charge in [0.25, 0.3) is 0 Å². The van der Waals surface area contributed by atoms with E-state index < -0.39 is 0 Å². The molecule has 32 heavy (non-hydrogen) atoms. The monoisotopic (exact) mass is 423 g/mol. The fourth-order valence-electron chi connectivity index (χ4n) is 4.62. The average Bonchev–Trinajstić information content (AvgIpc) is 3.51. The summed E-state index contributed by atoms with van der Waals surface area (Å²) in [5.74, 6) is 0.148. The van der Waals surface area contributed by atoms with Gasteiger partial charge in [0.2, 0.25) is 0 Å². The lowest BCUT2D eigenvalue weighted by atomic mass is 9.97. The second kappa shape index (κ2) is 7.84. The van der Waals surface area contributed by atoms with Crippen LogP contribution < -0.4 is 5.32 Å². The summed E-state index contributed by atoms with van der Waals surface area (Å²) in [4.78, 5) is 9.04. The highest BCUT2D eigenvalue weighted by atomic mass is 15.3. The number of pyridine rings is 1. The summed E-state index contributed by atoms with van der Waals surface area (Å²) in [6.07, 6.45) is 10.0. The number of rotatable bonds is 4. The van der Waals surface area contributed by atoms with Crippen LogP contribution in [0.4, 0.5) is 0 Å². The largest absolute Gasteiger partial charge is 0.317 e. The molecule has 1 aliphatic heterocycles. The molecule has 7 heteroatoms. The number of imidazole rings is 1. The maximum atomic E-state index is 4.95. The number of nitrogens with one attached hydrogen (secondary N) is 1. The van der Waals surface area contributed by atoms with Crippen molar-refractivity contribution in [3.8, 4) is 11.3 Å². The second-order valence-corrected chi connectivity index (χ2v) is 8.54. The molecule has 1 aliphatic rings. The normalized spacial score (nSPS) is 16.0. The van der Waals surface area contributed by atoms with Gasteiger partial charge in [0.1, 0.15) is 0 Å². The molecule has 5 heterocycles. The standard InChI is InChI=1S/C25H25N7/c1-17(18-4-5-22-19(13-18)3-2-10-27-22)24-15-28-25-7-6-23(30-32(24)25)20-14-29-31(16-20)21-8-11-26-12-9-21/h2-7,10,13-17,21,26H,8-9,11-12H2,1H3. The molecule has 7 nitrogen and oxygen atoms in total. The Balaban J connectivity index is 1.35. The van der Waals surface area contributed by atoms with Crippen molar-refractivity contribution in [3.05, 3.63) is 78.5 Å². The molecule has 0 bridgehead atoms. The lowest BCUT2D eigenvalue weighted by molar-refractivity contribution is 0.343. The van der Waals surface area contributed by atoms with Gasteiger partial charge >= 0.3 is 0 Å². The van der Waals surface area contributed by atoms with E-state index in [2.05, 4.69) is 62.5 Å². The van der Waals surface area contributed by atoms with Crippen LogP contribution in [0.25, 0.3) is 27.8 Å². The fraction of sp³-hybridized carbons (Fsp3) is 0.280. The van der Waals surface area contributed by atoms with E-state index in [1.54, 1.807) is 0 Å². The molecule has 0 spiro atoms. The molecule has 1 N–H and O–H groups in total. The predicted octanol–water partition coefficient (Wildman–Crippen LogP) is 4.22. The Labute approximate surface area is 186 Å². The minimum atomic E-state index is 0.148. The van der Waals surface area contributed by atoms with Gasteiger partial charge in [-0.15, -0.1) is 0 Å². The Morgan fingerprint density at radius 3 is 2.84 bits per heavy atom. The molecule has 4 aromatic heterocycles. The van der Waals surface area contributed by atoms with Crippen molar-refractivity contribution in [2.45, 2.75) is 31.7 Å². The Bertz CT molecular complexity index is 1390. The summed E-state index contributed by atoms with van der Waals surface area (Å²) >= 11 is 0. The number of benzene rings is 1. The van der Waals surface area contributed by atoms with Gasteiger partial charge in [0, 0.05) is 29.3 Å². The predicted molar refractivity (Wildman–Crippen MR) is 125 cm³/mol. The van der Waals surface area contributed by atoms with Crippen LogP contribution in [0.15, 0.2) is 67.3 Å². The number of fused-ring (bicyclic) bond motifs is 2. The minimum absolute atomic E-state index is 0.148.